The molecule has 112 valence electrons. The Balaban J connectivity index is 1.53. The molecule has 21 heavy (non-hydrogen) atoms. The number of rotatable bonds is 2. The van der Waals surface area contributed by atoms with Crippen LogP contribution in [0.2, 0.25) is 10.3 Å². The van der Waals surface area contributed by atoms with Gasteiger partial charge >= 0.3 is 0 Å². The van der Waals surface area contributed by atoms with Crippen LogP contribution in [0.1, 0.15) is 36.0 Å². The maximum Gasteiger partial charge on any atom is 0.254 e. The zero-order valence-corrected chi connectivity index (χ0v) is 12.9. The number of carbonyl (C=O) groups excluding carboxylic acids is 1. The maximum atomic E-state index is 12.4. The van der Waals surface area contributed by atoms with Gasteiger partial charge in [-0.05, 0) is 55.6 Å². The SMILES string of the molecule is O=C(N[C@@H]1[C@@H]2CC3C[C@@](O)(C2)C[C@H]31)c1ccc(Cl)nc1Cl. The van der Waals surface area contributed by atoms with Gasteiger partial charge in [0.05, 0.1) is 11.2 Å². The van der Waals surface area contributed by atoms with Gasteiger partial charge in [-0.15, -0.1) is 0 Å². The van der Waals surface area contributed by atoms with Crippen LogP contribution in [0, 0.1) is 17.8 Å². The number of aliphatic hydroxyl groups is 1. The third-order valence-electron chi connectivity index (χ3n) is 5.44. The fourth-order valence-electron chi connectivity index (χ4n) is 4.79. The van der Waals surface area contributed by atoms with E-state index in [-0.39, 0.29) is 22.3 Å². The first-order chi connectivity index (χ1) is 9.95. The number of carbonyl (C=O) groups is 1. The van der Waals surface area contributed by atoms with Crippen molar-refractivity contribution >= 4 is 29.1 Å². The van der Waals surface area contributed by atoms with Crippen molar-refractivity contribution in [3.05, 3.63) is 28.0 Å². The summed E-state index contributed by atoms with van der Waals surface area (Å²) in [5.74, 6) is 1.14. The van der Waals surface area contributed by atoms with E-state index in [1.807, 2.05) is 0 Å². The molecule has 0 saturated heterocycles. The van der Waals surface area contributed by atoms with Gasteiger partial charge in [0.25, 0.3) is 5.91 Å². The van der Waals surface area contributed by atoms with E-state index in [0.29, 0.717) is 23.3 Å². The smallest absolute Gasteiger partial charge is 0.254 e. The van der Waals surface area contributed by atoms with Crippen LogP contribution in [-0.4, -0.2) is 27.6 Å². The summed E-state index contributed by atoms with van der Waals surface area (Å²) in [5, 5.41) is 13.9. The molecule has 5 rings (SSSR count). The first-order valence-electron chi connectivity index (χ1n) is 7.30. The molecule has 1 aromatic rings. The number of nitrogens with zero attached hydrogens (tertiary/aromatic N) is 1. The number of halogens is 2. The normalized spacial score (nSPS) is 39.8. The fraction of sp³-hybridized carbons (Fsp3) is 0.600. The minimum atomic E-state index is -0.473. The van der Waals surface area contributed by atoms with Crippen molar-refractivity contribution < 1.29 is 9.90 Å². The van der Waals surface area contributed by atoms with Crippen LogP contribution >= 0.6 is 23.2 Å². The number of pyridine rings is 1. The summed E-state index contributed by atoms with van der Waals surface area (Å²) in [7, 11) is 0. The molecule has 4 aliphatic carbocycles. The standard InChI is InChI=1S/C15H16Cl2N2O2/c16-11-2-1-9(13(17)18-11)14(20)19-12-8-3-7-4-15(21,5-8)6-10(7)12/h1-2,7-8,10,12,21H,3-6H2,(H,19,20)/t7?,8-,10-,12-,15-/m1/s1. The van der Waals surface area contributed by atoms with Gasteiger partial charge in [0.2, 0.25) is 0 Å². The molecule has 4 bridgehead atoms. The molecule has 4 fully saturated rings. The van der Waals surface area contributed by atoms with E-state index in [2.05, 4.69) is 10.3 Å². The Bertz CT molecular complexity index is 620. The van der Waals surface area contributed by atoms with Crippen LogP contribution in [0.15, 0.2) is 12.1 Å². The number of hydrogen-bond acceptors (Lipinski definition) is 3. The van der Waals surface area contributed by atoms with Crippen molar-refractivity contribution in [1.82, 2.24) is 10.3 Å². The Morgan fingerprint density at radius 1 is 1.29 bits per heavy atom. The molecule has 0 aliphatic heterocycles. The summed E-state index contributed by atoms with van der Waals surface area (Å²) in [6.45, 7) is 0. The Morgan fingerprint density at radius 3 is 2.76 bits per heavy atom. The average molecular weight is 327 g/mol. The summed E-state index contributed by atoms with van der Waals surface area (Å²) in [4.78, 5) is 16.3. The zero-order valence-electron chi connectivity index (χ0n) is 11.4. The van der Waals surface area contributed by atoms with Crippen LogP contribution in [-0.2, 0) is 0 Å². The lowest BCUT2D eigenvalue weighted by Gasteiger charge is -2.38. The molecule has 4 nitrogen and oxygen atoms in total. The zero-order chi connectivity index (χ0) is 14.8. The highest BCUT2D eigenvalue weighted by atomic mass is 35.5. The van der Waals surface area contributed by atoms with Crippen LogP contribution in [0.4, 0.5) is 0 Å². The first kappa shape index (κ1) is 13.8. The fourth-order valence-corrected chi connectivity index (χ4v) is 5.22. The number of hydrogen-bond donors (Lipinski definition) is 2. The first-order valence-corrected chi connectivity index (χ1v) is 8.06. The van der Waals surface area contributed by atoms with Gasteiger partial charge in [-0.1, -0.05) is 23.2 Å². The van der Waals surface area contributed by atoms with Crippen molar-refractivity contribution in [2.24, 2.45) is 17.8 Å². The van der Waals surface area contributed by atoms with Crippen LogP contribution in [0.25, 0.3) is 0 Å². The number of amides is 1. The Labute approximate surface area is 132 Å². The lowest BCUT2D eigenvalue weighted by molar-refractivity contribution is -0.0192. The molecule has 4 saturated carbocycles. The third kappa shape index (κ3) is 2.16. The van der Waals surface area contributed by atoms with E-state index >= 15 is 0 Å². The minimum Gasteiger partial charge on any atom is -0.390 e. The molecule has 1 aromatic heterocycles. The van der Waals surface area contributed by atoms with Crippen LogP contribution < -0.4 is 5.32 Å². The van der Waals surface area contributed by atoms with Gasteiger partial charge in [-0.2, -0.15) is 0 Å². The summed E-state index contributed by atoms with van der Waals surface area (Å²) < 4.78 is 0. The van der Waals surface area contributed by atoms with Gasteiger partial charge in [0, 0.05) is 6.04 Å². The van der Waals surface area contributed by atoms with Gasteiger partial charge in [-0.3, -0.25) is 4.79 Å². The average Bonchev–Trinajstić information content (AvgIpc) is 2.76. The van der Waals surface area contributed by atoms with Gasteiger partial charge < -0.3 is 10.4 Å². The van der Waals surface area contributed by atoms with Crippen molar-refractivity contribution in [2.75, 3.05) is 0 Å². The number of aromatic nitrogens is 1. The quantitative estimate of drug-likeness (QED) is 0.821. The molecule has 1 unspecified atom stereocenters. The third-order valence-corrected chi connectivity index (χ3v) is 5.94. The lowest BCUT2D eigenvalue weighted by atomic mass is 9.76. The van der Waals surface area contributed by atoms with E-state index in [1.54, 1.807) is 12.1 Å². The van der Waals surface area contributed by atoms with Crippen molar-refractivity contribution in [3.8, 4) is 0 Å². The summed E-state index contributed by atoms with van der Waals surface area (Å²) in [5.41, 5.74) is -0.115. The topological polar surface area (TPSA) is 62.2 Å². The van der Waals surface area contributed by atoms with Crippen molar-refractivity contribution in [2.45, 2.75) is 37.3 Å². The lowest BCUT2D eigenvalue weighted by Crippen LogP contribution is -2.48. The second kappa shape index (κ2) is 4.58. The highest BCUT2D eigenvalue weighted by molar-refractivity contribution is 6.34. The largest absolute Gasteiger partial charge is 0.390 e. The molecule has 1 heterocycles. The highest BCUT2D eigenvalue weighted by Crippen LogP contribution is 2.59. The molecular formula is C15H16Cl2N2O2. The Hall–Kier alpha value is -0.840. The minimum absolute atomic E-state index is 0.131. The van der Waals surface area contributed by atoms with Gasteiger partial charge in [-0.25, -0.2) is 4.98 Å². The van der Waals surface area contributed by atoms with Crippen LogP contribution in [0.3, 0.4) is 0 Å². The predicted molar refractivity (Wildman–Crippen MR) is 79.4 cm³/mol. The molecule has 0 spiro atoms. The summed E-state index contributed by atoms with van der Waals surface area (Å²) in [6.07, 6.45) is 3.62. The van der Waals surface area contributed by atoms with E-state index in [1.165, 1.54) is 0 Å². The molecule has 0 aromatic carbocycles. The van der Waals surface area contributed by atoms with Crippen molar-refractivity contribution in [1.29, 1.82) is 0 Å². The van der Waals surface area contributed by atoms with Gasteiger partial charge in [0.1, 0.15) is 10.3 Å². The van der Waals surface area contributed by atoms with Crippen molar-refractivity contribution in [3.63, 3.8) is 0 Å². The molecule has 5 atom stereocenters. The maximum absolute atomic E-state index is 12.4. The van der Waals surface area contributed by atoms with Crippen LogP contribution in [0.5, 0.6) is 0 Å². The molecule has 2 N–H and O–H groups in total. The highest BCUT2D eigenvalue weighted by Gasteiger charge is 2.60. The summed E-state index contributed by atoms with van der Waals surface area (Å²) >= 11 is 11.7. The van der Waals surface area contributed by atoms with E-state index in [0.717, 1.165) is 25.7 Å². The molecule has 1 amide bonds. The molecule has 0 radical (unpaired) electrons. The number of nitrogens with one attached hydrogen (secondary N) is 1. The monoisotopic (exact) mass is 326 g/mol. The Morgan fingerprint density at radius 2 is 2.05 bits per heavy atom. The second-order valence-corrected chi connectivity index (χ2v) is 7.47. The van der Waals surface area contributed by atoms with Gasteiger partial charge in [0.15, 0.2) is 0 Å². The predicted octanol–water partition coefficient (Wildman–Crippen LogP) is 2.67. The summed E-state index contributed by atoms with van der Waals surface area (Å²) in [6, 6.07) is 3.32. The second-order valence-electron chi connectivity index (χ2n) is 6.73. The van der Waals surface area contributed by atoms with E-state index < -0.39 is 5.60 Å². The van der Waals surface area contributed by atoms with E-state index in [9.17, 15) is 9.90 Å². The molecule has 4 aliphatic rings. The Kier molecular flexibility index (Phi) is 3.01. The molecule has 6 heteroatoms. The van der Waals surface area contributed by atoms with E-state index in [4.69, 9.17) is 23.2 Å². The molecular weight excluding hydrogens is 311 g/mol.